The lowest BCUT2D eigenvalue weighted by molar-refractivity contribution is -0.117. The summed E-state index contributed by atoms with van der Waals surface area (Å²) in [6.07, 6.45) is 1.88. The zero-order chi connectivity index (χ0) is 20.2. The fraction of sp³-hybridized carbons (Fsp3) is 0.381. The number of fused-ring (bicyclic) bond motifs is 1. The smallest absolute Gasteiger partial charge is 0.238 e. The molecule has 1 aromatic heterocycles. The summed E-state index contributed by atoms with van der Waals surface area (Å²) in [6.45, 7) is 2.05. The summed E-state index contributed by atoms with van der Waals surface area (Å²) in [7, 11) is 3.16. The fourth-order valence-corrected chi connectivity index (χ4v) is 3.80. The van der Waals surface area contributed by atoms with Gasteiger partial charge in [0.15, 0.2) is 11.5 Å². The number of nitrogens with one attached hydrogen (secondary N) is 1. The van der Waals surface area contributed by atoms with Crippen LogP contribution in [0.5, 0.6) is 11.5 Å². The van der Waals surface area contributed by atoms with Crippen LogP contribution >= 0.6 is 0 Å². The molecule has 0 radical (unpaired) electrons. The minimum absolute atomic E-state index is 0.0399. The molecule has 3 aromatic rings. The number of carbonyl (C=O) groups is 1. The second kappa shape index (κ2) is 8.48. The summed E-state index contributed by atoms with van der Waals surface area (Å²) in [6, 6.07) is 13.7. The molecule has 2 heterocycles. The van der Waals surface area contributed by atoms with E-state index in [2.05, 4.69) is 26.6 Å². The number of methoxy groups -OCH3 is 2. The maximum Gasteiger partial charge on any atom is 0.238 e. The number of ether oxygens (including phenoxy) is 2. The van der Waals surface area contributed by atoms with Crippen molar-refractivity contribution in [3.8, 4) is 11.5 Å². The van der Waals surface area contributed by atoms with Gasteiger partial charge in [0.1, 0.15) is 5.52 Å². The van der Waals surface area contributed by atoms with E-state index in [0.717, 1.165) is 37.0 Å². The molecule has 8 heteroatoms. The van der Waals surface area contributed by atoms with Crippen LogP contribution in [0.15, 0.2) is 42.5 Å². The van der Waals surface area contributed by atoms with Gasteiger partial charge in [-0.3, -0.25) is 9.69 Å². The predicted octanol–water partition coefficient (Wildman–Crippen LogP) is 2.72. The molecular weight excluding hydrogens is 370 g/mol. The van der Waals surface area contributed by atoms with Crippen molar-refractivity contribution in [2.75, 3.05) is 39.2 Å². The number of rotatable bonds is 6. The zero-order valence-corrected chi connectivity index (χ0v) is 16.7. The summed E-state index contributed by atoms with van der Waals surface area (Å²) in [5.74, 6) is 1.18. The van der Waals surface area contributed by atoms with Crippen LogP contribution in [0.2, 0.25) is 0 Å². The highest BCUT2D eigenvalue weighted by atomic mass is 16.5. The standard InChI is InChI=1S/C21H25N5O3/c1-28-19-8-7-15(13-20(19)29-2)22-21(27)14-25-11-9-16(10-12-25)26-18-6-4-3-5-17(18)23-24-26/h3-8,13,16H,9-12,14H2,1-2H3,(H,22,27). The summed E-state index contributed by atoms with van der Waals surface area (Å²) in [5.41, 5.74) is 2.68. The second-order valence-corrected chi connectivity index (χ2v) is 7.15. The summed E-state index contributed by atoms with van der Waals surface area (Å²) in [4.78, 5) is 14.6. The Morgan fingerprint density at radius 3 is 2.62 bits per heavy atom. The lowest BCUT2D eigenvalue weighted by Gasteiger charge is -2.31. The van der Waals surface area contributed by atoms with Gasteiger partial charge < -0.3 is 14.8 Å². The number of anilines is 1. The number of para-hydroxylation sites is 1. The third-order valence-corrected chi connectivity index (χ3v) is 5.31. The Morgan fingerprint density at radius 2 is 1.86 bits per heavy atom. The number of piperidine rings is 1. The van der Waals surface area contributed by atoms with Gasteiger partial charge in [0, 0.05) is 24.8 Å². The van der Waals surface area contributed by atoms with Crippen LogP contribution in [0.3, 0.4) is 0 Å². The van der Waals surface area contributed by atoms with Crippen molar-refractivity contribution < 1.29 is 14.3 Å². The summed E-state index contributed by atoms with van der Waals surface area (Å²) >= 11 is 0. The Hall–Kier alpha value is -3.13. The van der Waals surface area contributed by atoms with E-state index in [0.29, 0.717) is 29.8 Å². The molecule has 29 heavy (non-hydrogen) atoms. The molecular formula is C21H25N5O3. The number of benzene rings is 2. The summed E-state index contributed by atoms with van der Waals surface area (Å²) in [5, 5.41) is 11.5. The molecule has 0 bridgehead atoms. The molecule has 1 saturated heterocycles. The number of amides is 1. The Morgan fingerprint density at radius 1 is 1.10 bits per heavy atom. The van der Waals surface area contributed by atoms with Gasteiger partial charge in [-0.05, 0) is 37.1 Å². The number of aromatic nitrogens is 3. The molecule has 0 spiro atoms. The molecule has 1 amide bonds. The minimum Gasteiger partial charge on any atom is -0.493 e. The Bertz CT molecular complexity index is 995. The van der Waals surface area contributed by atoms with Crippen molar-refractivity contribution in [3.63, 3.8) is 0 Å². The molecule has 1 N–H and O–H groups in total. The molecule has 1 fully saturated rings. The first kappa shape index (κ1) is 19.2. The van der Waals surface area contributed by atoms with Gasteiger partial charge in [0.2, 0.25) is 5.91 Å². The number of carbonyl (C=O) groups excluding carboxylic acids is 1. The van der Waals surface area contributed by atoms with E-state index in [1.807, 2.05) is 22.9 Å². The summed E-state index contributed by atoms with van der Waals surface area (Å²) < 4.78 is 12.5. The van der Waals surface area contributed by atoms with Crippen LogP contribution in [-0.4, -0.2) is 59.7 Å². The van der Waals surface area contributed by atoms with Gasteiger partial charge in [-0.2, -0.15) is 0 Å². The molecule has 152 valence electrons. The van der Waals surface area contributed by atoms with E-state index in [4.69, 9.17) is 9.47 Å². The van der Waals surface area contributed by atoms with Crippen molar-refractivity contribution in [1.82, 2.24) is 19.9 Å². The van der Waals surface area contributed by atoms with Gasteiger partial charge in [-0.1, -0.05) is 17.3 Å². The van der Waals surface area contributed by atoms with E-state index in [1.165, 1.54) is 0 Å². The third kappa shape index (κ3) is 4.17. The molecule has 8 nitrogen and oxygen atoms in total. The SMILES string of the molecule is COc1ccc(NC(=O)CN2CCC(n3nnc4ccccc43)CC2)cc1OC. The fourth-order valence-electron chi connectivity index (χ4n) is 3.80. The number of nitrogens with zero attached hydrogens (tertiary/aromatic N) is 4. The molecule has 0 saturated carbocycles. The van der Waals surface area contributed by atoms with Crippen LogP contribution in [0, 0.1) is 0 Å². The van der Waals surface area contributed by atoms with Gasteiger partial charge >= 0.3 is 0 Å². The Balaban J connectivity index is 1.32. The predicted molar refractivity (Wildman–Crippen MR) is 110 cm³/mol. The highest BCUT2D eigenvalue weighted by Gasteiger charge is 2.24. The molecule has 0 unspecified atom stereocenters. The highest BCUT2D eigenvalue weighted by molar-refractivity contribution is 5.92. The van der Waals surface area contributed by atoms with E-state index < -0.39 is 0 Å². The first-order chi connectivity index (χ1) is 14.2. The Kier molecular flexibility index (Phi) is 5.62. The van der Waals surface area contributed by atoms with Gasteiger partial charge in [-0.15, -0.1) is 5.10 Å². The minimum atomic E-state index is -0.0399. The molecule has 2 aromatic carbocycles. The van der Waals surface area contributed by atoms with Crippen molar-refractivity contribution in [2.24, 2.45) is 0 Å². The van der Waals surface area contributed by atoms with Gasteiger partial charge in [0.25, 0.3) is 0 Å². The largest absolute Gasteiger partial charge is 0.493 e. The number of hydrogen-bond donors (Lipinski definition) is 1. The Labute approximate surface area is 169 Å². The van der Waals surface area contributed by atoms with Crippen LogP contribution in [-0.2, 0) is 4.79 Å². The zero-order valence-electron chi connectivity index (χ0n) is 16.7. The van der Waals surface area contributed by atoms with Crippen LogP contribution in [0.1, 0.15) is 18.9 Å². The van der Waals surface area contributed by atoms with E-state index in [1.54, 1.807) is 32.4 Å². The van der Waals surface area contributed by atoms with Crippen molar-refractivity contribution in [1.29, 1.82) is 0 Å². The lowest BCUT2D eigenvalue weighted by Crippen LogP contribution is -2.39. The first-order valence-electron chi connectivity index (χ1n) is 9.72. The lowest BCUT2D eigenvalue weighted by atomic mass is 10.0. The average Bonchev–Trinajstić information content (AvgIpc) is 3.18. The van der Waals surface area contributed by atoms with Gasteiger partial charge in [0.05, 0.1) is 32.3 Å². The van der Waals surface area contributed by atoms with Crippen LogP contribution in [0.25, 0.3) is 11.0 Å². The van der Waals surface area contributed by atoms with Crippen LogP contribution < -0.4 is 14.8 Å². The highest BCUT2D eigenvalue weighted by Crippen LogP contribution is 2.30. The van der Waals surface area contributed by atoms with Crippen molar-refractivity contribution in [2.45, 2.75) is 18.9 Å². The first-order valence-corrected chi connectivity index (χ1v) is 9.72. The molecule has 1 aliphatic rings. The maximum atomic E-state index is 12.5. The quantitative estimate of drug-likeness (QED) is 0.691. The van der Waals surface area contributed by atoms with E-state index in [9.17, 15) is 4.79 Å². The van der Waals surface area contributed by atoms with Crippen molar-refractivity contribution >= 4 is 22.6 Å². The molecule has 0 atom stereocenters. The maximum absolute atomic E-state index is 12.5. The number of hydrogen-bond acceptors (Lipinski definition) is 6. The monoisotopic (exact) mass is 395 g/mol. The average molecular weight is 395 g/mol. The molecule has 1 aliphatic heterocycles. The molecule has 0 aliphatic carbocycles. The van der Waals surface area contributed by atoms with Crippen molar-refractivity contribution in [3.05, 3.63) is 42.5 Å². The van der Waals surface area contributed by atoms with Gasteiger partial charge in [-0.25, -0.2) is 4.68 Å². The second-order valence-electron chi connectivity index (χ2n) is 7.15. The van der Waals surface area contributed by atoms with E-state index in [-0.39, 0.29) is 5.91 Å². The topological polar surface area (TPSA) is 81.5 Å². The normalized spacial score (nSPS) is 15.4. The third-order valence-electron chi connectivity index (χ3n) is 5.31. The number of likely N-dealkylation sites (tertiary alicyclic amines) is 1. The van der Waals surface area contributed by atoms with E-state index >= 15 is 0 Å². The van der Waals surface area contributed by atoms with Crippen LogP contribution in [0.4, 0.5) is 5.69 Å². The molecule has 4 rings (SSSR count).